The third-order valence-corrected chi connectivity index (χ3v) is 5.88. The van der Waals surface area contributed by atoms with Gasteiger partial charge in [-0.3, -0.25) is 9.59 Å². The number of imidazole rings is 1. The first-order chi connectivity index (χ1) is 17.7. The Kier molecular flexibility index (Phi) is 9.87. The molecule has 0 saturated heterocycles. The molecule has 8 nitrogen and oxygen atoms in total. The van der Waals surface area contributed by atoms with Crippen molar-refractivity contribution in [2.45, 2.75) is 64.3 Å². The average Bonchev–Trinajstić information content (AvgIpc) is 3.20. The normalized spacial score (nSPS) is 12.8. The summed E-state index contributed by atoms with van der Waals surface area (Å²) in [6, 6.07) is 11.5. The van der Waals surface area contributed by atoms with Gasteiger partial charge in [0.15, 0.2) is 5.82 Å². The topological polar surface area (TPSA) is 125 Å². The molecular weight excluding hydrogens is 484 g/mol. The predicted molar refractivity (Wildman–Crippen MR) is 133 cm³/mol. The minimum atomic E-state index is -1.18. The SMILES string of the molecule is CCCn1c(C(=O)NCc2ccc(F)cc2)nc(-c2ccc(F)cc2)c1CC[C@@H](O)C[C@@H](O)CC(=O)O. The van der Waals surface area contributed by atoms with Crippen LogP contribution in [0.5, 0.6) is 0 Å². The molecule has 0 aliphatic carbocycles. The van der Waals surface area contributed by atoms with Crippen LogP contribution in [0.4, 0.5) is 8.78 Å². The molecule has 2 aromatic carbocycles. The summed E-state index contributed by atoms with van der Waals surface area (Å²) < 4.78 is 28.5. The Balaban J connectivity index is 1.88. The minimum Gasteiger partial charge on any atom is -0.481 e. The van der Waals surface area contributed by atoms with E-state index in [1.54, 1.807) is 28.8 Å². The van der Waals surface area contributed by atoms with E-state index in [1.165, 1.54) is 24.3 Å². The Morgan fingerprint density at radius 1 is 1.00 bits per heavy atom. The summed E-state index contributed by atoms with van der Waals surface area (Å²) in [5.41, 5.74) is 2.44. The Hall–Kier alpha value is -3.63. The maximum Gasteiger partial charge on any atom is 0.305 e. The monoisotopic (exact) mass is 515 g/mol. The van der Waals surface area contributed by atoms with Gasteiger partial charge in [-0.1, -0.05) is 19.1 Å². The van der Waals surface area contributed by atoms with E-state index in [-0.39, 0.29) is 37.4 Å². The van der Waals surface area contributed by atoms with E-state index in [1.807, 2.05) is 6.92 Å². The van der Waals surface area contributed by atoms with E-state index in [0.29, 0.717) is 35.5 Å². The van der Waals surface area contributed by atoms with Gasteiger partial charge in [-0.15, -0.1) is 0 Å². The quantitative estimate of drug-likeness (QED) is 0.275. The van der Waals surface area contributed by atoms with Crippen LogP contribution in [0.2, 0.25) is 0 Å². The standard InChI is InChI=1S/C27H31F2N3O5/c1-2-13-32-23(12-11-21(33)14-22(34)15-24(35)36)25(18-5-9-20(29)10-6-18)31-26(32)27(37)30-16-17-3-7-19(28)8-4-17/h3-10,21-22,33-34H,2,11-16H2,1H3,(H,30,37)(H,35,36)/t21-,22-/m1/s1. The van der Waals surface area contributed by atoms with E-state index in [4.69, 9.17) is 5.11 Å². The summed E-state index contributed by atoms with van der Waals surface area (Å²) in [6.07, 6.45) is -1.57. The number of carbonyl (C=O) groups is 2. The van der Waals surface area contributed by atoms with Crippen molar-refractivity contribution in [2.75, 3.05) is 0 Å². The Labute approximate surface area is 213 Å². The van der Waals surface area contributed by atoms with Gasteiger partial charge in [0.05, 0.1) is 24.3 Å². The smallest absolute Gasteiger partial charge is 0.305 e. The minimum absolute atomic E-state index is 0.106. The van der Waals surface area contributed by atoms with Crippen molar-refractivity contribution < 1.29 is 33.7 Å². The maximum absolute atomic E-state index is 13.6. The molecule has 1 amide bonds. The largest absolute Gasteiger partial charge is 0.481 e. The van der Waals surface area contributed by atoms with Gasteiger partial charge in [0.1, 0.15) is 11.6 Å². The van der Waals surface area contributed by atoms with Crippen LogP contribution in [0.3, 0.4) is 0 Å². The first-order valence-corrected chi connectivity index (χ1v) is 12.1. The fraction of sp³-hybridized carbons (Fsp3) is 0.370. The molecule has 3 aromatic rings. The third kappa shape index (κ3) is 7.93. The van der Waals surface area contributed by atoms with Gasteiger partial charge in [0, 0.05) is 24.3 Å². The molecule has 0 fully saturated rings. The van der Waals surface area contributed by atoms with E-state index in [0.717, 1.165) is 0 Å². The van der Waals surface area contributed by atoms with Crippen LogP contribution < -0.4 is 5.32 Å². The molecule has 198 valence electrons. The second kappa shape index (κ2) is 13.1. The Morgan fingerprint density at radius 2 is 1.62 bits per heavy atom. The number of nitrogens with zero attached hydrogens (tertiary/aromatic N) is 2. The van der Waals surface area contributed by atoms with Gasteiger partial charge in [0.25, 0.3) is 5.91 Å². The highest BCUT2D eigenvalue weighted by molar-refractivity contribution is 5.92. The molecule has 37 heavy (non-hydrogen) atoms. The molecule has 0 bridgehead atoms. The number of aliphatic hydroxyl groups excluding tert-OH is 2. The number of halogens is 2. The molecule has 1 heterocycles. The van der Waals surface area contributed by atoms with Gasteiger partial charge >= 0.3 is 5.97 Å². The summed E-state index contributed by atoms with van der Waals surface area (Å²) in [5.74, 6) is -2.24. The molecule has 0 saturated carbocycles. The van der Waals surface area contributed by atoms with Crippen LogP contribution in [0.1, 0.15) is 54.5 Å². The zero-order valence-electron chi connectivity index (χ0n) is 20.5. The second-order valence-electron chi connectivity index (χ2n) is 8.88. The van der Waals surface area contributed by atoms with Crippen molar-refractivity contribution in [2.24, 2.45) is 0 Å². The van der Waals surface area contributed by atoms with Crippen LogP contribution in [-0.4, -0.2) is 49.0 Å². The summed E-state index contributed by atoms with van der Waals surface area (Å²) in [5, 5.41) is 31.9. The maximum atomic E-state index is 13.6. The first-order valence-electron chi connectivity index (χ1n) is 12.1. The average molecular weight is 516 g/mol. The lowest BCUT2D eigenvalue weighted by Gasteiger charge is -2.16. The van der Waals surface area contributed by atoms with Crippen LogP contribution >= 0.6 is 0 Å². The van der Waals surface area contributed by atoms with Crippen LogP contribution in [-0.2, 0) is 24.3 Å². The zero-order valence-corrected chi connectivity index (χ0v) is 20.5. The summed E-state index contributed by atoms with van der Waals surface area (Å²) >= 11 is 0. The number of aliphatic hydroxyl groups is 2. The Bertz CT molecular complexity index is 1200. The highest BCUT2D eigenvalue weighted by atomic mass is 19.1. The number of hydrogen-bond donors (Lipinski definition) is 4. The summed E-state index contributed by atoms with van der Waals surface area (Å²) in [7, 11) is 0. The van der Waals surface area contributed by atoms with Crippen molar-refractivity contribution in [3.8, 4) is 11.3 Å². The number of nitrogens with one attached hydrogen (secondary N) is 1. The number of carbonyl (C=O) groups excluding carboxylic acids is 1. The van der Waals surface area contributed by atoms with Crippen molar-refractivity contribution in [1.82, 2.24) is 14.9 Å². The first kappa shape index (κ1) is 27.9. The molecule has 0 spiro atoms. The lowest BCUT2D eigenvalue weighted by Crippen LogP contribution is -2.27. The van der Waals surface area contributed by atoms with E-state index >= 15 is 0 Å². The molecule has 2 atom stereocenters. The lowest BCUT2D eigenvalue weighted by molar-refractivity contribution is -0.139. The van der Waals surface area contributed by atoms with Crippen LogP contribution in [0, 0.1) is 11.6 Å². The lowest BCUT2D eigenvalue weighted by atomic mass is 10.0. The molecular formula is C27H31F2N3O5. The van der Waals surface area contributed by atoms with Crippen molar-refractivity contribution in [3.05, 3.63) is 77.2 Å². The van der Waals surface area contributed by atoms with Gasteiger partial charge in [0.2, 0.25) is 0 Å². The number of amides is 1. The van der Waals surface area contributed by atoms with Gasteiger partial charge in [-0.25, -0.2) is 13.8 Å². The number of benzene rings is 2. The molecule has 3 rings (SSSR count). The third-order valence-electron chi connectivity index (χ3n) is 5.88. The van der Waals surface area contributed by atoms with Crippen molar-refractivity contribution >= 4 is 11.9 Å². The van der Waals surface area contributed by atoms with Crippen LogP contribution in [0.25, 0.3) is 11.3 Å². The highest BCUT2D eigenvalue weighted by Crippen LogP contribution is 2.27. The van der Waals surface area contributed by atoms with Crippen molar-refractivity contribution in [3.63, 3.8) is 0 Å². The molecule has 0 radical (unpaired) electrons. The van der Waals surface area contributed by atoms with Gasteiger partial charge < -0.3 is 25.2 Å². The number of hydrogen-bond acceptors (Lipinski definition) is 5. The number of rotatable bonds is 13. The van der Waals surface area contributed by atoms with Gasteiger partial charge in [-0.05, 0) is 67.6 Å². The molecule has 0 aliphatic rings. The zero-order chi connectivity index (χ0) is 26.9. The molecule has 10 heteroatoms. The predicted octanol–water partition coefficient (Wildman–Crippen LogP) is 3.69. The number of aliphatic carboxylic acids is 1. The molecule has 1 aromatic heterocycles. The van der Waals surface area contributed by atoms with E-state index in [2.05, 4.69) is 10.3 Å². The second-order valence-corrected chi connectivity index (χ2v) is 8.88. The number of aromatic nitrogens is 2. The summed E-state index contributed by atoms with van der Waals surface area (Å²) in [6.45, 7) is 2.57. The molecule has 0 unspecified atom stereocenters. The highest BCUT2D eigenvalue weighted by Gasteiger charge is 2.24. The fourth-order valence-corrected chi connectivity index (χ4v) is 4.10. The summed E-state index contributed by atoms with van der Waals surface area (Å²) in [4.78, 5) is 28.5. The number of carboxylic acids is 1. The van der Waals surface area contributed by atoms with E-state index in [9.17, 15) is 28.6 Å². The molecule has 0 aliphatic heterocycles. The van der Waals surface area contributed by atoms with Crippen LogP contribution in [0.15, 0.2) is 48.5 Å². The Morgan fingerprint density at radius 3 is 2.22 bits per heavy atom. The number of carboxylic acid groups (broad SMARTS) is 1. The molecule has 4 N–H and O–H groups in total. The van der Waals surface area contributed by atoms with Gasteiger partial charge in [-0.2, -0.15) is 0 Å². The fourth-order valence-electron chi connectivity index (χ4n) is 4.10. The van der Waals surface area contributed by atoms with Crippen molar-refractivity contribution in [1.29, 1.82) is 0 Å². The van der Waals surface area contributed by atoms with E-state index < -0.39 is 36.3 Å².